The lowest BCUT2D eigenvalue weighted by Gasteiger charge is -2.22. The second-order valence-electron chi connectivity index (χ2n) is 6.88. The third-order valence-electron chi connectivity index (χ3n) is 5.06. The maximum absolute atomic E-state index is 14.0. The molecule has 1 heterocycles. The van der Waals surface area contributed by atoms with Gasteiger partial charge in [-0.3, -0.25) is 4.79 Å². The minimum atomic E-state index is -0.775. The van der Waals surface area contributed by atoms with Gasteiger partial charge in [0.15, 0.2) is 0 Å². The maximum atomic E-state index is 14.0. The Morgan fingerprint density at radius 1 is 1.27 bits per heavy atom. The van der Waals surface area contributed by atoms with Crippen LogP contribution in [0.1, 0.15) is 18.4 Å². The molecule has 1 aliphatic rings. The van der Waals surface area contributed by atoms with Crippen LogP contribution in [0.2, 0.25) is 5.02 Å². The molecule has 3 rings (SSSR count). The lowest BCUT2D eigenvalue weighted by molar-refractivity contribution is -0.129. The number of rotatable bonds is 6. The Hall–Kier alpha value is -1.95. The first-order chi connectivity index (χ1) is 12.5. The van der Waals surface area contributed by atoms with Gasteiger partial charge in [0.25, 0.3) is 0 Å². The first-order valence-corrected chi connectivity index (χ1v) is 9.01. The van der Waals surface area contributed by atoms with Gasteiger partial charge in [-0.25, -0.2) is 4.39 Å². The van der Waals surface area contributed by atoms with E-state index in [2.05, 4.69) is 5.32 Å². The van der Waals surface area contributed by atoms with Gasteiger partial charge in [0.2, 0.25) is 5.91 Å². The Labute approximate surface area is 157 Å². The summed E-state index contributed by atoms with van der Waals surface area (Å²) in [6.07, 6.45) is 1.68. The predicted octanol–water partition coefficient (Wildman–Crippen LogP) is 2.90. The molecule has 1 amide bonds. The largest absolute Gasteiger partial charge is 0.395 e. The molecule has 0 bridgehead atoms. The van der Waals surface area contributed by atoms with Crippen LogP contribution in [-0.2, 0) is 11.2 Å². The van der Waals surface area contributed by atoms with E-state index in [1.165, 1.54) is 12.1 Å². The van der Waals surface area contributed by atoms with Gasteiger partial charge in [-0.15, -0.1) is 0 Å². The Kier molecular flexibility index (Phi) is 5.61. The molecule has 1 saturated heterocycles. The molecule has 4 N–H and O–H groups in total. The molecule has 0 spiro atoms. The van der Waals surface area contributed by atoms with E-state index >= 15 is 0 Å². The molecule has 2 aromatic rings. The summed E-state index contributed by atoms with van der Waals surface area (Å²) >= 11 is 5.95. The Bertz CT molecular complexity index is 797. The van der Waals surface area contributed by atoms with Crippen molar-refractivity contribution in [2.75, 3.05) is 13.2 Å². The number of benzene rings is 2. The van der Waals surface area contributed by atoms with Gasteiger partial charge >= 0.3 is 0 Å². The van der Waals surface area contributed by atoms with Crippen molar-refractivity contribution in [2.45, 2.75) is 25.3 Å². The van der Waals surface area contributed by atoms with Crippen LogP contribution in [0.25, 0.3) is 11.1 Å². The van der Waals surface area contributed by atoms with Crippen molar-refractivity contribution in [3.63, 3.8) is 0 Å². The van der Waals surface area contributed by atoms with Crippen LogP contribution in [0.3, 0.4) is 0 Å². The molecular formula is C20H22ClFN2O2. The van der Waals surface area contributed by atoms with Crippen LogP contribution < -0.4 is 11.1 Å². The number of carbonyl (C=O) groups is 1. The van der Waals surface area contributed by atoms with Gasteiger partial charge in [-0.2, -0.15) is 0 Å². The summed E-state index contributed by atoms with van der Waals surface area (Å²) in [7, 11) is 0. The van der Waals surface area contributed by atoms with E-state index in [0.29, 0.717) is 36.4 Å². The Morgan fingerprint density at radius 2 is 2.00 bits per heavy atom. The van der Waals surface area contributed by atoms with Crippen LogP contribution in [-0.4, -0.2) is 30.2 Å². The molecule has 138 valence electrons. The van der Waals surface area contributed by atoms with E-state index in [-0.39, 0.29) is 24.4 Å². The van der Waals surface area contributed by atoms with Crippen molar-refractivity contribution in [1.82, 2.24) is 5.32 Å². The Morgan fingerprint density at radius 3 is 2.65 bits per heavy atom. The smallest absolute Gasteiger partial charge is 0.228 e. The summed E-state index contributed by atoms with van der Waals surface area (Å²) in [6.45, 7) is 0.167. The standard InChI is InChI=1S/C20H22ClFN2O2/c21-15-5-6-18(22)17(10-15)14-3-1-13(2-4-14)9-16-11-20(12-25,7-8-23)19(26)24-16/h1-6,10,16,25H,7-9,11-12,23H2,(H,24,26). The summed E-state index contributed by atoms with van der Waals surface area (Å²) < 4.78 is 14.0. The average molecular weight is 377 g/mol. The van der Waals surface area contributed by atoms with Crippen molar-refractivity contribution >= 4 is 17.5 Å². The van der Waals surface area contributed by atoms with Crippen molar-refractivity contribution in [2.24, 2.45) is 11.1 Å². The molecule has 2 unspecified atom stereocenters. The highest BCUT2D eigenvalue weighted by atomic mass is 35.5. The van der Waals surface area contributed by atoms with E-state index in [1.807, 2.05) is 24.3 Å². The van der Waals surface area contributed by atoms with E-state index in [4.69, 9.17) is 17.3 Å². The normalized spacial score (nSPS) is 22.5. The molecule has 6 heteroatoms. The highest BCUT2D eigenvalue weighted by Gasteiger charge is 2.45. The molecule has 0 saturated carbocycles. The van der Waals surface area contributed by atoms with E-state index in [1.54, 1.807) is 6.07 Å². The summed E-state index contributed by atoms with van der Waals surface area (Å²) in [5.41, 5.74) is 7.05. The van der Waals surface area contributed by atoms with Gasteiger partial charge in [0, 0.05) is 16.6 Å². The zero-order chi connectivity index (χ0) is 18.7. The van der Waals surface area contributed by atoms with Gasteiger partial charge < -0.3 is 16.2 Å². The molecule has 0 aliphatic carbocycles. The number of nitrogens with one attached hydrogen (secondary N) is 1. The van der Waals surface area contributed by atoms with Crippen LogP contribution in [0.15, 0.2) is 42.5 Å². The number of aliphatic hydroxyl groups excluding tert-OH is 1. The van der Waals surface area contributed by atoms with Gasteiger partial charge in [-0.05, 0) is 55.1 Å². The first-order valence-electron chi connectivity index (χ1n) is 8.64. The molecule has 2 aromatic carbocycles. The van der Waals surface area contributed by atoms with E-state index in [9.17, 15) is 14.3 Å². The van der Waals surface area contributed by atoms with Crippen LogP contribution in [0, 0.1) is 11.2 Å². The fraction of sp³-hybridized carbons (Fsp3) is 0.350. The molecule has 2 atom stereocenters. The van der Waals surface area contributed by atoms with Crippen molar-refractivity contribution in [3.8, 4) is 11.1 Å². The summed E-state index contributed by atoms with van der Waals surface area (Å²) in [5, 5.41) is 13.1. The molecule has 26 heavy (non-hydrogen) atoms. The number of carbonyl (C=O) groups excluding carboxylic acids is 1. The fourth-order valence-electron chi connectivity index (χ4n) is 3.61. The first kappa shape index (κ1) is 18.8. The lowest BCUT2D eigenvalue weighted by Crippen LogP contribution is -2.36. The second-order valence-corrected chi connectivity index (χ2v) is 7.31. The summed E-state index contributed by atoms with van der Waals surface area (Å²) in [4.78, 5) is 12.2. The number of hydrogen-bond donors (Lipinski definition) is 3. The zero-order valence-corrected chi connectivity index (χ0v) is 15.1. The fourth-order valence-corrected chi connectivity index (χ4v) is 3.78. The van der Waals surface area contributed by atoms with Crippen LogP contribution >= 0.6 is 11.6 Å². The van der Waals surface area contributed by atoms with Gasteiger partial charge in [0.05, 0.1) is 12.0 Å². The maximum Gasteiger partial charge on any atom is 0.228 e. The monoisotopic (exact) mass is 376 g/mol. The quantitative estimate of drug-likeness (QED) is 0.725. The van der Waals surface area contributed by atoms with E-state index in [0.717, 1.165) is 11.1 Å². The molecular weight excluding hydrogens is 355 g/mol. The molecule has 4 nitrogen and oxygen atoms in total. The van der Waals surface area contributed by atoms with Crippen molar-refractivity contribution in [1.29, 1.82) is 0 Å². The third-order valence-corrected chi connectivity index (χ3v) is 5.29. The summed E-state index contributed by atoms with van der Waals surface area (Å²) in [5.74, 6) is -0.451. The Balaban J connectivity index is 1.72. The number of amides is 1. The number of nitrogens with two attached hydrogens (primary N) is 1. The SMILES string of the molecule is NCCC1(CO)CC(Cc2ccc(-c3cc(Cl)ccc3F)cc2)NC1=O. The number of halogens is 2. The zero-order valence-electron chi connectivity index (χ0n) is 14.3. The average Bonchev–Trinajstić information content (AvgIpc) is 2.94. The molecule has 0 radical (unpaired) electrons. The van der Waals surface area contributed by atoms with E-state index < -0.39 is 5.41 Å². The minimum absolute atomic E-state index is 0.0463. The molecule has 1 fully saturated rings. The predicted molar refractivity (Wildman–Crippen MR) is 100 cm³/mol. The highest BCUT2D eigenvalue weighted by molar-refractivity contribution is 6.30. The highest BCUT2D eigenvalue weighted by Crippen LogP contribution is 2.34. The second kappa shape index (κ2) is 7.74. The topological polar surface area (TPSA) is 75.3 Å². The lowest BCUT2D eigenvalue weighted by atomic mass is 9.81. The number of aliphatic hydroxyl groups is 1. The third kappa shape index (κ3) is 3.75. The van der Waals surface area contributed by atoms with Crippen molar-refractivity contribution < 1.29 is 14.3 Å². The molecule has 0 aromatic heterocycles. The minimum Gasteiger partial charge on any atom is -0.395 e. The van der Waals surface area contributed by atoms with Crippen LogP contribution in [0.4, 0.5) is 4.39 Å². The summed E-state index contributed by atoms with van der Waals surface area (Å²) in [6, 6.07) is 12.0. The van der Waals surface area contributed by atoms with Gasteiger partial charge in [-0.1, -0.05) is 35.9 Å². The number of hydrogen-bond acceptors (Lipinski definition) is 3. The van der Waals surface area contributed by atoms with Crippen LogP contribution in [0.5, 0.6) is 0 Å². The molecule has 1 aliphatic heterocycles. The van der Waals surface area contributed by atoms with Gasteiger partial charge in [0.1, 0.15) is 5.82 Å². The van der Waals surface area contributed by atoms with Crippen molar-refractivity contribution in [3.05, 3.63) is 58.9 Å².